The zero-order valence-electron chi connectivity index (χ0n) is 13.4. The van der Waals surface area contributed by atoms with Gasteiger partial charge < -0.3 is 4.74 Å². The number of halogens is 1. The van der Waals surface area contributed by atoms with E-state index in [2.05, 4.69) is 15.9 Å². The minimum absolute atomic E-state index is 0.0493. The van der Waals surface area contributed by atoms with E-state index in [0.717, 1.165) is 5.39 Å². The maximum absolute atomic E-state index is 12.4. The van der Waals surface area contributed by atoms with Crippen LogP contribution in [0.1, 0.15) is 45.0 Å². The molecule has 0 atom stereocenters. The van der Waals surface area contributed by atoms with E-state index < -0.39 is 11.7 Å². The van der Waals surface area contributed by atoms with Crippen molar-refractivity contribution in [3.05, 3.63) is 34.4 Å². The number of hydrogen-bond donors (Lipinski definition) is 0. The molecule has 5 heteroatoms. The highest BCUT2D eigenvalue weighted by molar-refractivity contribution is 9.10. The summed E-state index contributed by atoms with van der Waals surface area (Å²) in [5.74, 6) is -0.0596. The third-order valence-electron chi connectivity index (χ3n) is 3.16. The topological polar surface area (TPSA) is 48.3 Å². The number of rotatable bonds is 2. The summed E-state index contributed by atoms with van der Waals surface area (Å²) >= 11 is 3.45. The number of carbonyl (C=O) groups excluding carboxylic acids is 2. The molecule has 0 fully saturated rings. The molecule has 1 heterocycles. The number of ketones is 1. The van der Waals surface area contributed by atoms with Crippen molar-refractivity contribution in [1.82, 2.24) is 4.57 Å². The first kappa shape index (κ1) is 16.7. The van der Waals surface area contributed by atoms with Gasteiger partial charge in [-0.15, -0.1) is 0 Å². The average Bonchev–Trinajstić information content (AvgIpc) is 2.73. The second-order valence-electron chi connectivity index (χ2n) is 6.55. The fourth-order valence-corrected chi connectivity index (χ4v) is 2.84. The normalized spacial score (nSPS) is 12.0. The summed E-state index contributed by atoms with van der Waals surface area (Å²) in [5, 5.41) is 0.743. The molecule has 0 bridgehead atoms. The lowest BCUT2D eigenvalue weighted by molar-refractivity contribution is 0.0544. The van der Waals surface area contributed by atoms with E-state index in [9.17, 15) is 9.59 Å². The van der Waals surface area contributed by atoms with Gasteiger partial charge in [-0.1, -0.05) is 26.0 Å². The molecule has 2 rings (SSSR count). The molecule has 0 aliphatic carbocycles. The number of nitrogens with zero attached hydrogens (tertiary/aromatic N) is 1. The van der Waals surface area contributed by atoms with E-state index in [-0.39, 0.29) is 11.7 Å². The monoisotopic (exact) mass is 365 g/mol. The summed E-state index contributed by atoms with van der Waals surface area (Å²) in [7, 11) is 0. The van der Waals surface area contributed by atoms with E-state index in [1.54, 1.807) is 24.4 Å². The second kappa shape index (κ2) is 5.88. The quantitative estimate of drug-likeness (QED) is 0.701. The molecule has 118 valence electrons. The minimum atomic E-state index is -0.578. The van der Waals surface area contributed by atoms with Crippen LogP contribution < -0.4 is 0 Å². The number of aromatic nitrogens is 1. The van der Waals surface area contributed by atoms with Crippen LogP contribution in [0.5, 0.6) is 0 Å². The number of carbonyl (C=O) groups is 2. The molecule has 0 saturated heterocycles. The molecular formula is C17H20BrNO3. The van der Waals surface area contributed by atoms with Crippen molar-refractivity contribution < 1.29 is 14.3 Å². The van der Waals surface area contributed by atoms with Crippen LogP contribution in [0, 0.1) is 5.92 Å². The first-order valence-corrected chi connectivity index (χ1v) is 7.98. The van der Waals surface area contributed by atoms with E-state index in [1.807, 2.05) is 34.6 Å². The van der Waals surface area contributed by atoms with Crippen LogP contribution in [0.3, 0.4) is 0 Å². The van der Waals surface area contributed by atoms with Crippen molar-refractivity contribution in [1.29, 1.82) is 0 Å². The highest BCUT2D eigenvalue weighted by atomic mass is 79.9. The highest BCUT2D eigenvalue weighted by Gasteiger charge is 2.23. The summed E-state index contributed by atoms with van der Waals surface area (Å²) in [6.07, 6.45) is 1.19. The molecule has 1 aromatic heterocycles. The van der Waals surface area contributed by atoms with Crippen LogP contribution in [-0.4, -0.2) is 22.0 Å². The molecule has 2 aromatic rings. The van der Waals surface area contributed by atoms with Gasteiger partial charge in [-0.3, -0.25) is 9.36 Å². The first-order valence-electron chi connectivity index (χ1n) is 7.19. The number of ether oxygens (including phenoxy) is 1. The Morgan fingerprint density at radius 2 is 1.86 bits per heavy atom. The zero-order valence-corrected chi connectivity index (χ0v) is 15.0. The number of benzene rings is 1. The van der Waals surface area contributed by atoms with Crippen molar-refractivity contribution >= 4 is 38.7 Å². The Kier molecular flexibility index (Phi) is 4.47. The standard InChI is InChI=1S/C17H20BrNO3/c1-10(2)15(20)11-7-6-8-13-14(11)12(18)9-19(13)16(21)22-17(3,4)5/h6-10H,1-5H3. The number of Topliss-reactive ketones (excluding diaryl/α,β-unsaturated/α-hetero) is 1. The Labute approximate surface area is 138 Å². The van der Waals surface area contributed by atoms with Crippen molar-refractivity contribution in [2.24, 2.45) is 5.92 Å². The molecule has 0 N–H and O–H groups in total. The van der Waals surface area contributed by atoms with Crippen molar-refractivity contribution in [3.63, 3.8) is 0 Å². The molecule has 0 spiro atoms. The lowest BCUT2D eigenvalue weighted by Gasteiger charge is -2.19. The van der Waals surface area contributed by atoms with Crippen LogP contribution in [0.2, 0.25) is 0 Å². The molecule has 4 nitrogen and oxygen atoms in total. The molecule has 0 unspecified atom stereocenters. The lowest BCUT2D eigenvalue weighted by atomic mass is 9.98. The van der Waals surface area contributed by atoms with Crippen LogP contribution in [0.15, 0.2) is 28.9 Å². The summed E-state index contributed by atoms with van der Waals surface area (Å²) in [6, 6.07) is 5.38. The largest absolute Gasteiger partial charge is 0.443 e. The Bertz CT molecular complexity index is 738. The van der Waals surface area contributed by atoms with Gasteiger partial charge in [0.15, 0.2) is 5.78 Å². The van der Waals surface area contributed by atoms with Crippen LogP contribution in [0.25, 0.3) is 10.9 Å². The fraction of sp³-hybridized carbons (Fsp3) is 0.412. The Morgan fingerprint density at radius 1 is 1.23 bits per heavy atom. The summed E-state index contributed by atoms with van der Waals surface area (Å²) in [5.41, 5.74) is 0.695. The van der Waals surface area contributed by atoms with Crippen molar-refractivity contribution in [2.75, 3.05) is 0 Å². The van der Waals surface area contributed by atoms with Crippen LogP contribution in [-0.2, 0) is 4.74 Å². The van der Waals surface area contributed by atoms with E-state index in [0.29, 0.717) is 15.6 Å². The molecular weight excluding hydrogens is 346 g/mol. The smallest absolute Gasteiger partial charge is 0.419 e. The van der Waals surface area contributed by atoms with Crippen molar-refractivity contribution in [3.8, 4) is 0 Å². The van der Waals surface area contributed by atoms with E-state index in [4.69, 9.17) is 4.74 Å². The molecule has 1 aromatic carbocycles. The maximum Gasteiger partial charge on any atom is 0.419 e. The molecule has 0 saturated carbocycles. The SMILES string of the molecule is CC(C)C(=O)c1cccc2c1c(Br)cn2C(=O)OC(C)(C)C. The summed E-state index contributed by atoms with van der Waals surface area (Å²) in [4.78, 5) is 24.7. The third kappa shape index (κ3) is 3.24. The van der Waals surface area contributed by atoms with Crippen LogP contribution in [0.4, 0.5) is 4.79 Å². The maximum atomic E-state index is 12.4. The first-order chi connectivity index (χ1) is 10.1. The number of fused-ring (bicyclic) bond motifs is 1. The van der Waals surface area contributed by atoms with Gasteiger partial charge in [0, 0.05) is 27.5 Å². The Morgan fingerprint density at radius 3 is 2.41 bits per heavy atom. The van der Waals surface area contributed by atoms with Gasteiger partial charge in [0.2, 0.25) is 0 Å². The lowest BCUT2D eigenvalue weighted by Crippen LogP contribution is -2.26. The van der Waals surface area contributed by atoms with Gasteiger partial charge in [0.05, 0.1) is 5.52 Å². The molecule has 0 aliphatic heterocycles. The molecule has 0 amide bonds. The molecule has 0 aliphatic rings. The third-order valence-corrected chi connectivity index (χ3v) is 3.76. The van der Waals surface area contributed by atoms with Gasteiger partial charge in [0.25, 0.3) is 0 Å². The fourth-order valence-electron chi connectivity index (χ4n) is 2.22. The Balaban J connectivity index is 2.59. The van der Waals surface area contributed by atoms with E-state index in [1.165, 1.54) is 4.57 Å². The number of hydrogen-bond acceptors (Lipinski definition) is 3. The van der Waals surface area contributed by atoms with Crippen LogP contribution >= 0.6 is 15.9 Å². The second-order valence-corrected chi connectivity index (χ2v) is 7.40. The Hall–Kier alpha value is -1.62. The average molecular weight is 366 g/mol. The summed E-state index contributed by atoms with van der Waals surface area (Å²) < 4.78 is 7.55. The van der Waals surface area contributed by atoms with Gasteiger partial charge in [-0.2, -0.15) is 0 Å². The van der Waals surface area contributed by atoms with Gasteiger partial charge in [-0.05, 0) is 42.8 Å². The molecule has 0 radical (unpaired) electrons. The van der Waals surface area contributed by atoms with E-state index >= 15 is 0 Å². The van der Waals surface area contributed by atoms with Gasteiger partial charge in [0.1, 0.15) is 5.60 Å². The van der Waals surface area contributed by atoms with Gasteiger partial charge in [-0.25, -0.2) is 4.79 Å². The predicted octanol–water partition coefficient (Wildman–Crippen LogP) is 5.03. The van der Waals surface area contributed by atoms with Gasteiger partial charge >= 0.3 is 6.09 Å². The zero-order chi connectivity index (χ0) is 16.7. The van der Waals surface area contributed by atoms with Crippen molar-refractivity contribution in [2.45, 2.75) is 40.2 Å². The minimum Gasteiger partial charge on any atom is -0.443 e. The highest BCUT2D eigenvalue weighted by Crippen LogP contribution is 2.31. The predicted molar refractivity (Wildman–Crippen MR) is 90.4 cm³/mol. The summed E-state index contributed by atoms with van der Waals surface area (Å²) in [6.45, 7) is 9.18. The molecule has 22 heavy (non-hydrogen) atoms.